The minimum atomic E-state index is -1.03. The average molecular weight is 439 g/mol. The van der Waals surface area contributed by atoms with E-state index in [0.29, 0.717) is 16.5 Å². The van der Waals surface area contributed by atoms with E-state index in [1.54, 1.807) is 31.2 Å². The molecule has 2 heterocycles. The van der Waals surface area contributed by atoms with Gasteiger partial charge in [-0.15, -0.1) is 0 Å². The number of carbonyl (C=O) groups excluding carboxylic acids is 1. The maximum Gasteiger partial charge on any atom is 0.344 e. The van der Waals surface area contributed by atoms with Gasteiger partial charge in [0.2, 0.25) is 11.6 Å². The standard InChI is InChI=1S/C23H21NO8/c1-4-30-22(26)18-16(11-9-14(28-2)19(25)15(10-11)29-3)17-20(32-21(18)24)12-7-5-6-8-13(12)31-23(17)27/h5-10,16,25H,4,24H2,1-3H3/t16-/m0/s1. The lowest BCUT2D eigenvalue weighted by Crippen LogP contribution is -2.31. The van der Waals surface area contributed by atoms with E-state index in [2.05, 4.69) is 0 Å². The Kier molecular flexibility index (Phi) is 5.40. The molecule has 32 heavy (non-hydrogen) atoms. The molecular weight excluding hydrogens is 418 g/mol. The molecule has 3 N–H and O–H groups in total. The Morgan fingerprint density at radius 1 is 1.16 bits per heavy atom. The highest BCUT2D eigenvalue weighted by Crippen LogP contribution is 2.47. The molecule has 1 atom stereocenters. The average Bonchev–Trinajstić information content (AvgIpc) is 2.78. The molecule has 0 saturated heterocycles. The summed E-state index contributed by atoms with van der Waals surface area (Å²) in [6, 6.07) is 9.79. The van der Waals surface area contributed by atoms with Gasteiger partial charge in [0.25, 0.3) is 0 Å². The number of hydrogen-bond donors (Lipinski definition) is 2. The highest BCUT2D eigenvalue weighted by atomic mass is 16.5. The fourth-order valence-electron chi connectivity index (χ4n) is 3.79. The number of ether oxygens (including phenoxy) is 4. The third-order valence-corrected chi connectivity index (χ3v) is 5.18. The van der Waals surface area contributed by atoms with E-state index in [4.69, 9.17) is 29.1 Å². The van der Waals surface area contributed by atoms with Gasteiger partial charge in [0.05, 0.1) is 37.7 Å². The van der Waals surface area contributed by atoms with Crippen molar-refractivity contribution in [2.75, 3.05) is 20.8 Å². The fraction of sp³-hybridized carbons (Fsp3) is 0.217. The quantitative estimate of drug-likeness (QED) is 0.455. The lowest BCUT2D eigenvalue weighted by Gasteiger charge is -2.28. The van der Waals surface area contributed by atoms with Gasteiger partial charge in [-0.2, -0.15) is 0 Å². The summed E-state index contributed by atoms with van der Waals surface area (Å²) in [7, 11) is 2.74. The van der Waals surface area contributed by atoms with Crippen molar-refractivity contribution in [1.82, 2.24) is 0 Å². The van der Waals surface area contributed by atoms with Crippen LogP contribution in [0.2, 0.25) is 0 Å². The number of esters is 1. The highest BCUT2D eigenvalue weighted by Gasteiger charge is 2.40. The summed E-state index contributed by atoms with van der Waals surface area (Å²) in [6.07, 6.45) is 0. The molecule has 0 radical (unpaired) electrons. The molecule has 0 bridgehead atoms. The van der Waals surface area contributed by atoms with E-state index in [1.165, 1.54) is 26.4 Å². The van der Waals surface area contributed by atoms with Gasteiger partial charge < -0.3 is 34.2 Å². The Labute approximate surface area is 182 Å². The second-order valence-electron chi connectivity index (χ2n) is 6.94. The molecule has 2 aromatic carbocycles. The molecule has 0 unspecified atom stereocenters. The van der Waals surface area contributed by atoms with Gasteiger partial charge >= 0.3 is 11.6 Å². The molecule has 1 aromatic heterocycles. The summed E-state index contributed by atoms with van der Waals surface area (Å²) in [4.78, 5) is 26.0. The van der Waals surface area contributed by atoms with Crippen molar-refractivity contribution in [1.29, 1.82) is 0 Å². The Morgan fingerprint density at radius 3 is 2.44 bits per heavy atom. The number of methoxy groups -OCH3 is 2. The lowest BCUT2D eigenvalue weighted by atomic mass is 9.83. The van der Waals surface area contributed by atoms with Gasteiger partial charge in [0.15, 0.2) is 17.2 Å². The van der Waals surface area contributed by atoms with Crippen molar-refractivity contribution in [3.8, 4) is 23.0 Å². The normalized spacial score (nSPS) is 15.2. The SMILES string of the molecule is CCOC(=O)C1=C(N)Oc2c(c(=O)oc3ccccc23)[C@@H]1c1cc(OC)c(O)c(OC)c1. The Morgan fingerprint density at radius 2 is 1.81 bits per heavy atom. The van der Waals surface area contributed by atoms with Crippen LogP contribution in [0.25, 0.3) is 11.0 Å². The van der Waals surface area contributed by atoms with Crippen molar-refractivity contribution < 1.29 is 33.3 Å². The third-order valence-electron chi connectivity index (χ3n) is 5.18. The summed E-state index contributed by atoms with van der Waals surface area (Å²) in [5.74, 6) is -1.87. The molecule has 166 valence electrons. The number of nitrogens with two attached hydrogens (primary N) is 1. The number of rotatable bonds is 5. The van der Waals surface area contributed by atoms with Crippen LogP contribution in [0, 0.1) is 0 Å². The zero-order chi connectivity index (χ0) is 23.0. The number of phenols is 1. The van der Waals surface area contributed by atoms with Gasteiger partial charge in [-0.1, -0.05) is 12.1 Å². The number of aromatic hydroxyl groups is 1. The van der Waals surface area contributed by atoms with Crippen LogP contribution in [0.1, 0.15) is 24.0 Å². The second kappa shape index (κ2) is 8.18. The molecule has 3 aromatic rings. The van der Waals surface area contributed by atoms with Gasteiger partial charge in [-0.05, 0) is 36.8 Å². The highest BCUT2D eigenvalue weighted by molar-refractivity contribution is 5.94. The number of phenolic OH excluding ortho intramolecular Hbond substituents is 1. The maximum atomic E-state index is 13.1. The lowest BCUT2D eigenvalue weighted by molar-refractivity contribution is -0.139. The van der Waals surface area contributed by atoms with Crippen molar-refractivity contribution in [3.63, 3.8) is 0 Å². The Hall–Kier alpha value is -4.14. The molecule has 1 aliphatic rings. The molecule has 0 aliphatic carbocycles. The van der Waals surface area contributed by atoms with Crippen LogP contribution < -0.4 is 25.6 Å². The molecule has 0 amide bonds. The van der Waals surface area contributed by atoms with Crippen molar-refractivity contribution in [3.05, 3.63) is 69.4 Å². The van der Waals surface area contributed by atoms with E-state index in [9.17, 15) is 14.7 Å². The van der Waals surface area contributed by atoms with Crippen molar-refractivity contribution in [2.24, 2.45) is 5.73 Å². The summed E-state index contributed by atoms with van der Waals surface area (Å²) in [5.41, 5.74) is 6.16. The molecule has 0 fully saturated rings. The summed E-state index contributed by atoms with van der Waals surface area (Å²) in [5, 5.41) is 10.8. The van der Waals surface area contributed by atoms with Crippen LogP contribution in [0.3, 0.4) is 0 Å². The minimum Gasteiger partial charge on any atom is -0.502 e. The van der Waals surface area contributed by atoms with Gasteiger partial charge in [0, 0.05) is 0 Å². The van der Waals surface area contributed by atoms with Crippen LogP contribution >= 0.6 is 0 Å². The summed E-state index contributed by atoms with van der Waals surface area (Å²) >= 11 is 0. The van der Waals surface area contributed by atoms with E-state index in [0.717, 1.165) is 0 Å². The first-order chi connectivity index (χ1) is 15.4. The molecule has 9 nitrogen and oxygen atoms in total. The predicted octanol–water partition coefficient (Wildman–Crippen LogP) is 2.77. The molecule has 0 saturated carbocycles. The predicted molar refractivity (Wildman–Crippen MR) is 114 cm³/mol. The molecule has 0 spiro atoms. The number of hydrogen-bond acceptors (Lipinski definition) is 9. The molecule has 4 rings (SSSR count). The molecule has 1 aliphatic heterocycles. The largest absolute Gasteiger partial charge is 0.502 e. The van der Waals surface area contributed by atoms with Gasteiger partial charge in [0.1, 0.15) is 11.2 Å². The Balaban J connectivity index is 2.08. The summed E-state index contributed by atoms with van der Waals surface area (Å²) in [6.45, 7) is 1.74. The maximum absolute atomic E-state index is 13.1. The second-order valence-corrected chi connectivity index (χ2v) is 6.94. The van der Waals surface area contributed by atoms with Crippen LogP contribution in [0.15, 0.2) is 57.1 Å². The first-order valence-electron chi connectivity index (χ1n) is 9.76. The topological polar surface area (TPSA) is 130 Å². The van der Waals surface area contributed by atoms with Crippen LogP contribution in [0.4, 0.5) is 0 Å². The van der Waals surface area contributed by atoms with Gasteiger partial charge in [-0.25, -0.2) is 9.59 Å². The summed E-state index contributed by atoms with van der Waals surface area (Å²) < 4.78 is 27.0. The molecule has 9 heteroatoms. The monoisotopic (exact) mass is 439 g/mol. The zero-order valence-corrected chi connectivity index (χ0v) is 17.6. The smallest absolute Gasteiger partial charge is 0.344 e. The number of para-hydroxylation sites is 1. The van der Waals surface area contributed by atoms with E-state index in [-0.39, 0.29) is 46.6 Å². The first kappa shape index (κ1) is 21.1. The van der Waals surface area contributed by atoms with E-state index >= 15 is 0 Å². The third kappa shape index (κ3) is 3.27. The Bertz CT molecular complexity index is 1280. The zero-order valence-electron chi connectivity index (χ0n) is 17.6. The number of benzene rings is 2. The minimum absolute atomic E-state index is 0.0655. The number of fused-ring (bicyclic) bond motifs is 3. The van der Waals surface area contributed by atoms with Crippen molar-refractivity contribution >= 4 is 16.9 Å². The fourth-order valence-corrected chi connectivity index (χ4v) is 3.79. The van der Waals surface area contributed by atoms with Gasteiger partial charge in [-0.3, -0.25) is 0 Å². The molecular formula is C23H21NO8. The van der Waals surface area contributed by atoms with E-state index in [1.807, 2.05) is 0 Å². The van der Waals surface area contributed by atoms with Crippen LogP contribution in [-0.2, 0) is 9.53 Å². The van der Waals surface area contributed by atoms with E-state index < -0.39 is 17.5 Å². The van der Waals surface area contributed by atoms with Crippen LogP contribution in [0.5, 0.6) is 23.0 Å². The van der Waals surface area contributed by atoms with Crippen molar-refractivity contribution in [2.45, 2.75) is 12.8 Å². The van der Waals surface area contributed by atoms with Crippen LogP contribution in [-0.4, -0.2) is 31.9 Å². The first-order valence-corrected chi connectivity index (χ1v) is 9.76. The number of carbonyl (C=O) groups is 1.